The molecular formula is C17H16N2O4. The predicted octanol–water partition coefficient (Wildman–Crippen LogP) is 1.57. The lowest BCUT2D eigenvalue weighted by molar-refractivity contribution is -0.121. The molecule has 1 saturated carbocycles. The number of methoxy groups -OCH3 is 1. The number of benzene rings is 1. The lowest BCUT2D eigenvalue weighted by Crippen LogP contribution is -2.35. The molecule has 118 valence electrons. The molecule has 1 aromatic carbocycles. The molecule has 1 N–H and O–H groups in total. The number of piperidine rings is 1. The number of nitrogens with one attached hydrogen (secondary N) is 1. The number of carbonyl (C=O) groups is 2. The van der Waals surface area contributed by atoms with Crippen molar-refractivity contribution in [1.82, 2.24) is 10.3 Å². The zero-order valence-corrected chi connectivity index (χ0v) is 12.6. The second kappa shape index (κ2) is 5.22. The Morgan fingerprint density at radius 1 is 1.43 bits per heavy atom. The average Bonchev–Trinajstić information content (AvgIpc) is 3.32. The van der Waals surface area contributed by atoms with Crippen molar-refractivity contribution in [3.63, 3.8) is 0 Å². The fourth-order valence-corrected chi connectivity index (χ4v) is 3.27. The van der Waals surface area contributed by atoms with E-state index in [-0.39, 0.29) is 17.9 Å². The predicted molar refractivity (Wildman–Crippen MR) is 82.7 cm³/mol. The van der Waals surface area contributed by atoms with E-state index in [2.05, 4.69) is 10.3 Å². The Hall–Kier alpha value is -2.63. The maximum absolute atomic E-state index is 11.6. The normalized spacial score (nSPS) is 24.9. The smallest absolute Gasteiger partial charge is 0.223 e. The summed E-state index contributed by atoms with van der Waals surface area (Å²) in [7, 11) is 1.52. The number of pyridine rings is 1. The van der Waals surface area contributed by atoms with Crippen LogP contribution in [0.1, 0.15) is 16.8 Å². The Balaban J connectivity index is 1.61. The van der Waals surface area contributed by atoms with Gasteiger partial charge in [0.2, 0.25) is 11.8 Å². The van der Waals surface area contributed by atoms with E-state index in [1.54, 1.807) is 18.3 Å². The van der Waals surface area contributed by atoms with Crippen LogP contribution in [0.4, 0.5) is 0 Å². The van der Waals surface area contributed by atoms with E-state index < -0.39 is 0 Å². The monoisotopic (exact) mass is 312 g/mol. The second-order valence-electron chi connectivity index (χ2n) is 5.98. The molecule has 2 aliphatic rings. The molecule has 23 heavy (non-hydrogen) atoms. The maximum Gasteiger partial charge on any atom is 0.223 e. The summed E-state index contributed by atoms with van der Waals surface area (Å²) < 4.78 is 11.1. The SMILES string of the molecule is COc1cc2c(OCC3NC(=O)C4CC34)nccc2cc1C=O. The van der Waals surface area contributed by atoms with Crippen molar-refractivity contribution in [2.75, 3.05) is 13.7 Å². The van der Waals surface area contributed by atoms with E-state index >= 15 is 0 Å². The highest BCUT2D eigenvalue weighted by Gasteiger charge is 2.54. The van der Waals surface area contributed by atoms with Crippen molar-refractivity contribution in [1.29, 1.82) is 0 Å². The van der Waals surface area contributed by atoms with Gasteiger partial charge >= 0.3 is 0 Å². The van der Waals surface area contributed by atoms with Crippen LogP contribution in [0.5, 0.6) is 11.6 Å². The van der Waals surface area contributed by atoms with Crippen molar-refractivity contribution >= 4 is 23.0 Å². The number of carbonyl (C=O) groups excluding carboxylic acids is 2. The van der Waals surface area contributed by atoms with Crippen LogP contribution in [0, 0.1) is 11.8 Å². The summed E-state index contributed by atoms with van der Waals surface area (Å²) in [4.78, 5) is 27.0. The summed E-state index contributed by atoms with van der Waals surface area (Å²) in [5, 5.41) is 4.59. The number of aromatic nitrogens is 1. The highest BCUT2D eigenvalue weighted by molar-refractivity contribution is 5.94. The van der Waals surface area contributed by atoms with Gasteiger partial charge in [-0.05, 0) is 35.9 Å². The third-order valence-corrected chi connectivity index (χ3v) is 4.63. The molecule has 3 atom stereocenters. The fourth-order valence-electron chi connectivity index (χ4n) is 3.27. The van der Waals surface area contributed by atoms with E-state index in [1.165, 1.54) is 7.11 Å². The molecule has 2 heterocycles. The first kappa shape index (κ1) is 14.0. The van der Waals surface area contributed by atoms with Crippen molar-refractivity contribution in [2.45, 2.75) is 12.5 Å². The van der Waals surface area contributed by atoms with Gasteiger partial charge in [0.25, 0.3) is 0 Å². The van der Waals surface area contributed by atoms with Gasteiger partial charge in [0.1, 0.15) is 12.4 Å². The molecule has 1 saturated heterocycles. The summed E-state index contributed by atoms with van der Waals surface area (Å²) in [5.41, 5.74) is 0.487. The van der Waals surface area contributed by atoms with Crippen LogP contribution in [0.25, 0.3) is 10.8 Å². The minimum atomic E-state index is 0.0562. The van der Waals surface area contributed by atoms with Crippen molar-refractivity contribution in [3.8, 4) is 11.6 Å². The lowest BCUT2D eigenvalue weighted by atomic mass is 10.1. The topological polar surface area (TPSA) is 77.5 Å². The average molecular weight is 312 g/mol. The first-order valence-electron chi connectivity index (χ1n) is 7.56. The molecule has 2 fully saturated rings. The summed E-state index contributed by atoms with van der Waals surface area (Å²) >= 11 is 0. The zero-order valence-electron chi connectivity index (χ0n) is 12.6. The molecule has 0 bridgehead atoms. The van der Waals surface area contributed by atoms with Gasteiger partial charge in [0, 0.05) is 17.5 Å². The summed E-state index contributed by atoms with van der Waals surface area (Å²) in [5.74, 6) is 1.68. The number of amides is 1. The Labute approximate surface area is 132 Å². The number of hydrogen-bond acceptors (Lipinski definition) is 5. The van der Waals surface area contributed by atoms with Gasteiger partial charge in [-0.25, -0.2) is 4.98 Å². The van der Waals surface area contributed by atoms with Crippen LogP contribution in [0.15, 0.2) is 24.4 Å². The van der Waals surface area contributed by atoms with Gasteiger partial charge in [0.15, 0.2) is 6.29 Å². The zero-order chi connectivity index (χ0) is 16.0. The Morgan fingerprint density at radius 2 is 2.30 bits per heavy atom. The molecule has 6 heteroatoms. The van der Waals surface area contributed by atoms with E-state index in [0.717, 1.165) is 23.5 Å². The summed E-state index contributed by atoms with van der Waals surface area (Å²) in [6, 6.07) is 5.39. The molecule has 1 amide bonds. The molecule has 1 aliphatic carbocycles. The Kier molecular flexibility index (Phi) is 3.18. The molecule has 6 nitrogen and oxygen atoms in total. The number of rotatable bonds is 5. The molecule has 1 aromatic heterocycles. The number of hydrogen-bond donors (Lipinski definition) is 1. The maximum atomic E-state index is 11.6. The van der Waals surface area contributed by atoms with Crippen molar-refractivity contribution in [3.05, 3.63) is 30.0 Å². The van der Waals surface area contributed by atoms with E-state index in [9.17, 15) is 9.59 Å². The Bertz CT molecular complexity index is 805. The quantitative estimate of drug-likeness (QED) is 0.848. The molecular weight excluding hydrogens is 296 g/mol. The molecule has 2 aromatic rings. The summed E-state index contributed by atoms with van der Waals surface area (Å²) in [6.45, 7) is 0.400. The van der Waals surface area contributed by atoms with Crippen LogP contribution in [-0.4, -0.2) is 36.9 Å². The van der Waals surface area contributed by atoms with Crippen LogP contribution in [-0.2, 0) is 4.79 Å². The Morgan fingerprint density at radius 3 is 2.96 bits per heavy atom. The van der Waals surface area contributed by atoms with Crippen molar-refractivity contribution in [2.24, 2.45) is 11.8 Å². The molecule has 3 unspecified atom stereocenters. The highest BCUT2D eigenvalue weighted by atomic mass is 16.5. The molecule has 0 radical (unpaired) electrons. The van der Waals surface area contributed by atoms with Gasteiger partial charge in [-0.2, -0.15) is 0 Å². The van der Waals surface area contributed by atoms with Crippen LogP contribution in [0.3, 0.4) is 0 Å². The van der Waals surface area contributed by atoms with Gasteiger partial charge < -0.3 is 14.8 Å². The number of nitrogens with zero attached hydrogens (tertiary/aromatic N) is 1. The number of aldehydes is 1. The van der Waals surface area contributed by atoms with Crippen LogP contribution < -0.4 is 14.8 Å². The number of ether oxygens (including phenoxy) is 2. The number of fused-ring (bicyclic) bond motifs is 2. The second-order valence-corrected chi connectivity index (χ2v) is 5.98. The van der Waals surface area contributed by atoms with Gasteiger partial charge in [0.05, 0.1) is 18.7 Å². The molecule has 4 rings (SSSR count). The molecule has 0 spiro atoms. The fraction of sp³-hybridized carbons (Fsp3) is 0.353. The lowest BCUT2D eigenvalue weighted by Gasteiger charge is -2.15. The van der Waals surface area contributed by atoms with Crippen LogP contribution >= 0.6 is 0 Å². The third kappa shape index (κ3) is 2.30. The summed E-state index contributed by atoms with van der Waals surface area (Å²) in [6.07, 6.45) is 3.37. The standard InChI is InChI=1S/C17H16N2O4/c1-22-15-6-11-9(4-10(15)7-20)2-3-18-17(11)23-8-14-12-5-13(12)16(21)19-14/h2-4,6-7,12-14H,5,8H2,1H3,(H,19,21). The van der Waals surface area contributed by atoms with E-state index in [4.69, 9.17) is 9.47 Å². The molecule has 1 aliphatic heterocycles. The third-order valence-electron chi connectivity index (χ3n) is 4.63. The first-order valence-corrected chi connectivity index (χ1v) is 7.56. The van der Waals surface area contributed by atoms with Gasteiger partial charge in [-0.1, -0.05) is 0 Å². The highest BCUT2D eigenvalue weighted by Crippen LogP contribution is 2.46. The van der Waals surface area contributed by atoms with Crippen LogP contribution in [0.2, 0.25) is 0 Å². The van der Waals surface area contributed by atoms with E-state index in [1.807, 2.05) is 6.07 Å². The van der Waals surface area contributed by atoms with E-state index in [0.29, 0.717) is 29.7 Å². The minimum Gasteiger partial charge on any atom is -0.496 e. The first-order chi connectivity index (χ1) is 11.2. The minimum absolute atomic E-state index is 0.0562. The van der Waals surface area contributed by atoms with Gasteiger partial charge in [-0.15, -0.1) is 0 Å². The largest absolute Gasteiger partial charge is 0.496 e. The van der Waals surface area contributed by atoms with Crippen molar-refractivity contribution < 1.29 is 19.1 Å². The van der Waals surface area contributed by atoms with Gasteiger partial charge in [-0.3, -0.25) is 9.59 Å².